The van der Waals surface area contributed by atoms with Crippen LogP contribution in [0.2, 0.25) is 0 Å². The Bertz CT molecular complexity index is 533. The SMILES string of the molecule is CCNCCc1c(CC)nn(-c2cnccn2)c1CC. The third kappa shape index (κ3) is 3.04. The van der Waals surface area contributed by atoms with Gasteiger partial charge in [0.05, 0.1) is 11.9 Å². The van der Waals surface area contributed by atoms with Crippen molar-refractivity contribution in [1.82, 2.24) is 25.1 Å². The minimum absolute atomic E-state index is 0.800. The lowest BCUT2D eigenvalue weighted by molar-refractivity contribution is 0.708. The van der Waals surface area contributed by atoms with Gasteiger partial charge in [-0.3, -0.25) is 4.98 Å². The fourth-order valence-electron chi connectivity index (χ4n) is 2.45. The lowest BCUT2D eigenvalue weighted by Gasteiger charge is -2.07. The summed E-state index contributed by atoms with van der Waals surface area (Å²) in [6, 6.07) is 0. The lowest BCUT2D eigenvalue weighted by atomic mass is 10.1. The first kappa shape index (κ1) is 14.7. The van der Waals surface area contributed by atoms with Gasteiger partial charge in [0.25, 0.3) is 0 Å². The molecule has 0 spiro atoms. The monoisotopic (exact) mass is 273 g/mol. The van der Waals surface area contributed by atoms with Crippen molar-refractivity contribution in [2.75, 3.05) is 13.1 Å². The number of hydrogen-bond donors (Lipinski definition) is 1. The van der Waals surface area contributed by atoms with Gasteiger partial charge in [-0.2, -0.15) is 5.10 Å². The van der Waals surface area contributed by atoms with Crippen molar-refractivity contribution in [3.63, 3.8) is 0 Å². The second-order valence-corrected chi connectivity index (χ2v) is 4.66. The van der Waals surface area contributed by atoms with E-state index in [4.69, 9.17) is 5.10 Å². The number of aryl methyl sites for hydroxylation is 1. The van der Waals surface area contributed by atoms with Gasteiger partial charge >= 0.3 is 0 Å². The second-order valence-electron chi connectivity index (χ2n) is 4.66. The second kappa shape index (κ2) is 7.14. The van der Waals surface area contributed by atoms with Crippen LogP contribution >= 0.6 is 0 Å². The fourth-order valence-corrected chi connectivity index (χ4v) is 2.45. The zero-order valence-corrected chi connectivity index (χ0v) is 12.6. The zero-order chi connectivity index (χ0) is 14.4. The molecule has 108 valence electrons. The van der Waals surface area contributed by atoms with Gasteiger partial charge < -0.3 is 5.32 Å². The van der Waals surface area contributed by atoms with Gasteiger partial charge in [0, 0.05) is 18.1 Å². The van der Waals surface area contributed by atoms with E-state index in [1.54, 1.807) is 18.6 Å². The van der Waals surface area contributed by atoms with Crippen LogP contribution in [0.5, 0.6) is 0 Å². The number of aromatic nitrogens is 4. The molecule has 0 saturated carbocycles. The Balaban J connectivity index is 2.38. The highest BCUT2D eigenvalue weighted by molar-refractivity contribution is 5.33. The van der Waals surface area contributed by atoms with Crippen LogP contribution in [0.25, 0.3) is 5.82 Å². The Morgan fingerprint density at radius 3 is 2.60 bits per heavy atom. The molecule has 0 aliphatic rings. The molecule has 2 aromatic rings. The quantitative estimate of drug-likeness (QED) is 0.783. The van der Waals surface area contributed by atoms with Crippen LogP contribution in [0.3, 0.4) is 0 Å². The predicted molar refractivity (Wildman–Crippen MR) is 80.2 cm³/mol. The van der Waals surface area contributed by atoms with E-state index < -0.39 is 0 Å². The topological polar surface area (TPSA) is 55.6 Å². The molecule has 20 heavy (non-hydrogen) atoms. The molecule has 5 heteroatoms. The molecule has 0 bridgehead atoms. The number of hydrogen-bond acceptors (Lipinski definition) is 4. The molecule has 5 nitrogen and oxygen atoms in total. The third-order valence-corrected chi connectivity index (χ3v) is 3.41. The normalized spacial score (nSPS) is 10.9. The number of nitrogens with zero attached hydrogens (tertiary/aromatic N) is 4. The highest BCUT2D eigenvalue weighted by Crippen LogP contribution is 2.19. The molecule has 0 amide bonds. The molecule has 0 fully saturated rings. The maximum atomic E-state index is 4.73. The van der Waals surface area contributed by atoms with E-state index >= 15 is 0 Å². The van der Waals surface area contributed by atoms with Crippen molar-refractivity contribution >= 4 is 0 Å². The zero-order valence-electron chi connectivity index (χ0n) is 12.6. The van der Waals surface area contributed by atoms with Crippen molar-refractivity contribution in [2.24, 2.45) is 0 Å². The van der Waals surface area contributed by atoms with Crippen LogP contribution in [0.4, 0.5) is 0 Å². The van der Waals surface area contributed by atoms with Crippen LogP contribution in [0, 0.1) is 0 Å². The summed E-state index contributed by atoms with van der Waals surface area (Å²) in [5.41, 5.74) is 3.78. The predicted octanol–water partition coefficient (Wildman–Crippen LogP) is 1.94. The number of nitrogens with one attached hydrogen (secondary N) is 1. The van der Waals surface area contributed by atoms with Crippen molar-refractivity contribution in [1.29, 1.82) is 0 Å². The molecule has 0 aliphatic carbocycles. The van der Waals surface area contributed by atoms with Crippen molar-refractivity contribution < 1.29 is 0 Å². The van der Waals surface area contributed by atoms with Crippen molar-refractivity contribution in [3.8, 4) is 5.82 Å². The summed E-state index contributed by atoms with van der Waals surface area (Å²) in [4.78, 5) is 8.51. The summed E-state index contributed by atoms with van der Waals surface area (Å²) in [5, 5.41) is 8.12. The van der Waals surface area contributed by atoms with Crippen LogP contribution in [-0.4, -0.2) is 32.8 Å². The van der Waals surface area contributed by atoms with Crippen LogP contribution < -0.4 is 5.32 Å². The van der Waals surface area contributed by atoms with E-state index in [0.717, 1.165) is 38.2 Å². The first-order chi connectivity index (χ1) is 9.81. The summed E-state index contributed by atoms with van der Waals surface area (Å²) >= 11 is 0. The molecule has 0 unspecified atom stereocenters. The minimum Gasteiger partial charge on any atom is -0.317 e. The Morgan fingerprint density at radius 1 is 1.15 bits per heavy atom. The van der Waals surface area contributed by atoms with Gasteiger partial charge in [0.15, 0.2) is 5.82 Å². The van der Waals surface area contributed by atoms with Gasteiger partial charge in [0.1, 0.15) is 0 Å². The molecule has 0 saturated heterocycles. The summed E-state index contributed by atoms with van der Waals surface area (Å²) < 4.78 is 1.95. The fraction of sp³-hybridized carbons (Fsp3) is 0.533. The first-order valence-electron chi connectivity index (χ1n) is 7.38. The Labute approximate surface area is 120 Å². The summed E-state index contributed by atoms with van der Waals surface area (Å²) in [5.74, 6) is 0.800. The van der Waals surface area contributed by atoms with Crippen LogP contribution in [-0.2, 0) is 19.3 Å². The van der Waals surface area contributed by atoms with Crippen LogP contribution in [0.15, 0.2) is 18.6 Å². The molecular formula is C15H23N5. The van der Waals surface area contributed by atoms with Crippen LogP contribution in [0.1, 0.15) is 37.7 Å². The molecule has 0 aromatic carbocycles. The smallest absolute Gasteiger partial charge is 0.172 e. The van der Waals surface area contributed by atoms with Gasteiger partial charge in [-0.25, -0.2) is 9.67 Å². The standard InChI is InChI=1S/C15H23N5/c1-4-13-12(7-8-16-6-3)14(5-2)20(19-13)15-11-17-9-10-18-15/h9-11,16H,4-8H2,1-3H3. The summed E-state index contributed by atoms with van der Waals surface area (Å²) in [6.07, 6.45) is 8.07. The third-order valence-electron chi connectivity index (χ3n) is 3.41. The van der Waals surface area contributed by atoms with E-state index in [9.17, 15) is 0 Å². The molecule has 2 heterocycles. The largest absolute Gasteiger partial charge is 0.317 e. The maximum absolute atomic E-state index is 4.73. The van der Waals surface area contributed by atoms with E-state index in [1.165, 1.54) is 17.0 Å². The van der Waals surface area contributed by atoms with E-state index in [1.807, 2.05) is 4.68 Å². The molecule has 2 aromatic heterocycles. The minimum atomic E-state index is 0.800. The van der Waals surface area contributed by atoms with E-state index in [2.05, 4.69) is 36.1 Å². The van der Waals surface area contributed by atoms with Gasteiger partial charge in [-0.1, -0.05) is 20.8 Å². The van der Waals surface area contributed by atoms with Gasteiger partial charge in [0.2, 0.25) is 0 Å². The van der Waals surface area contributed by atoms with E-state index in [-0.39, 0.29) is 0 Å². The van der Waals surface area contributed by atoms with Crippen molar-refractivity contribution in [2.45, 2.75) is 40.0 Å². The lowest BCUT2D eigenvalue weighted by Crippen LogP contribution is -2.17. The number of rotatable bonds is 7. The molecule has 0 aliphatic heterocycles. The average molecular weight is 273 g/mol. The Morgan fingerprint density at radius 2 is 2.00 bits per heavy atom. The molecular weight excluding hydrogens is 250 g/mol. The Hall–Kier alpha value is -1.75. The molecule has 0 atom stereocenters. The van der Waals surface area contributed by atoms with Crippen molar-refractivity contribution in [3.05, 3.63) is 35.5 Å². The Kier molecular flexibility index (Phi) is 5.24. The highest BCUT2D eigenvalue weighted by atomic mass is 15.3. The highest BCUT2D eigenvalue weighted by Gasteiger charge is 2.16. The summed E-state index contributed by atoms with van der Waals surface area (Å²) in [7, 11) is 0. The summed E-state index contributed by atoms with van der Waals surface area (Å²) in [6.45, 7) is 8.44. The van der Waals surface area contributed by atoms with Gasteiger partial charge in [-0.05, 0) is 37.9 Å². The molecule has 0 radical (unpaired) electrons. The molecule has 2 rings (SSSR count). The molecule has 1 N–H and O–H groups in total. The average Bonchev–Trinajstić information content (AvgIpc) is 2.86. The number of likely N-dealkylation sites (N-methyl/N-ethyl adjacent to an activating group) is 1. The van der Waals surface area contributed by atoms with E-state index in [0.29, 0.717) is 0 Å². The maximum Gasteiger partial charge on any atom is 0.172 e. The van der Waals surface area contributed by atoms with Gasteiger partial charge in [-0.15, -0.1) is 0 Å². The first-order valence-corrected chi connectivity index (χ1v) is 7.38.